The molecule has 0 aliphatic carbocycles. The summed E-state index contributed by atoms with van der Waals surface area (Å²) in [4.78, 5) is 15.6. The van der Waals surface area contributed by atoms with Gasteiger partial charge in [-0.3, -0.25) is 4.79 Å². The first-order valence-corrected chi connectivity index (χ1v) is 7.82. The Bertz CT molecular complexity index is 584. The molecule has 21 heavy (non-hydrogen) atoms. The van der Waals surface area contributed by atoms with Crippen molar-refractivity contribution in [3.05, 3.63) is 47.6 Å². The molecule has 0 aliphatic heterocycles. The van der Waals surface area contributed by atoms with Gasteiger partial charge in [-0.25, -0.2) is 0 Å². The van der Waals surface area contributed by atoms with Gasteiger partial charge in [-0.1, -0.05) is 49.3 Å². The Kier molecular flexibility index (Phi) is 5.38. The van der Waals surface area contributed by atoms with Crippen LogP contribution in [0.2, 0.25) is 0 Å². The number of rotatable bonds is 7. The third-order valence-corrected chi connectivity index (χ3v) is 4.13. The Morgan fingerprint density at radius 2 is 2.05 bits per heavy atom. The van der Waals surface area contributed by atoms with Gasteiger partial charge in [-0.15, -0.1) is 11.8 Å². The monoisotopic (exact) mass is 306 g/mol. The highest BCUT2D eigenvalue weighted by atomic mass is 32.2. The van der Waals surface area contributed by atoms with Crippen molar-refractivity contribution in [1.82, 2.24) is 10.1 Å². The van der Waals surface area contributed by atoms with E-state index < -0.39 is 11.2 Å². The quantitative estimate of drug-likeness (QED) is 0.847. The Balaban J connectivity index is 1.95. The maximum atomic E-state index is 11.4. The van der Waals surface area contributed by atoms with E-state index in [0.717, 1.165) is 5.56 Å². The van der Waals surface area contributed by atoms with Gasteiger partial charge in [0, 0.05) is 5.92 Å². The molecule has 1 N–H and O–H groups in total. The molecule has 0 radical (unpaired) electrons. The Hall–Kier alpha value is -1.82. The molecule has 0 bridgehead atoms. The molecule has 2 aromatic rings. The van der Waals surface area contributed by atoms with E-state index in [0.29, 0.717) is 23.9 Å². The van der Waals surface area contributed by atoms with Crippen LogP contribution in [-0.4, -0.2) is 26.5 Å². The molecule has 112 valence electrons. The lowest BCUT2D eigenvalue weighted by molar-refractivity contribution is -0.136. The van der Waals surface area contributed by atoms with Gasteiger partial charge in [0.25, 0.3) is 0 Å². The van der Waals surface area contributed by atoms with Crippen molar-refractivity contribution in [2.45, 2.75) is 37.2 Å². The van der Waals surface area contributed by atoms with Gasteiger partial charge in [-0.2, -0.15) is 4.98 Å². The second-order valence-electron chi connectivity index (χ2n) is 5.03. The maximum Gasteiger partial charge on any atom is 0.316 e. The third-order valence-electron chi connectivity index (χ3n) is 2.93. The summed E-state index contributed by atoms with van der Waals surface area (Å²) < 4.78 is 5.12. The minimum Gasteiger partial charge on any atom is -0.480 e. The SMILES string of the molecule is CC(C)c1nc(CSC(Cc2ccccc2)C(=O)O)no1. The lowest BCUT2D eigenvalue weighted by Crippen LogP contribution is -2.19. The predicted molar refractivity (Wildman–Crippen MR) is 81.3 cm³/mol. The number of aromatic nitrogens is 2. The Morgan fingerprint density at radius 3 is 2.62 bits per heavy atom. The second-order valence-corrected chi connectivity index (χ2v) is 6.22. The summed E-state index contributed by atoms with van der Waals surface area (Å²) in [7, 11) is 0. The molecule has 1 aromatic carbocycles. The van der Waals surface area contributed by atoms with E-state index in [1.54, 1.807) is 0 Å². The van der Waals surface area contributed by atoms with Gasteiger partial charge < -0.3 is 9.63 Å². The van der Waals surface area contributed by atoms with Gasteiger partial charge >= 0.3 is 5.97 Å². The normalized spacial score (nSPS) is 12.5. The summed E-state index contributed by atoms with van der Waals surface area (Å²) in [6.07, 6.45) is 0.482. The summed E-state index contributed by atoms with van der Waals surface area (Å²) in [6.45, 7) is 3.94. The van der Waals surface area contributed by atoms with Crippen molar-refractivity contribution in [2.75, 3.05) is 0 Å². The zero-order valence-electron chi connectivity index (χ0n) is 12.0. The summed E-state index contributed by atoms with van der Waals surface area (Å²) >= 11 is 1.32. The molecule has 5 nitrogen and oxygen atoms in total. The van der Waals surface area contributed by atoms with E-state index in [-0.39, 0.29) is 5.92 Å². The zero-order chi connectivity index (χ0) is 15.2. The van der Waals surface area contributed by atoms with E-state index in [1.807, 2.05) is 44.2 Å². The molecule has 1 heterocycles. The van der Waals surface area contributed by atoms with Crippen molar-refractivity contribution in [3.63, 3.8) is 0 Å². The third kappa shape index (κ3) is 4.60. The second kappa shape index (κ2) is 7.26. The van der Waals surface area contributed by atoms with E-state index in [1.165, 1.54) is 11.8 Å². The van der Waals surface area contributed by atoms with Crippen LogP contribution in [0.1, 0.15) is 37.0 Å². The van der Waals surface area contributed by atoms with Crippen LogP contribution in [0, 0.1) is 0 Å². The number of hydrogen-bond donors (Lipinski definition) is 1. The van der Waals surface area contributed by atoms with Crippen molar-refractivity contribution in [3.8, 4) is 0 Å². The molecule has 1 atom stereocenters. The summed E-state index contributed by atoms with van der Waals surface area (Å²) in [6, 6.07) is 9.60. The molecule has 0 saturated carbocycles. The molecule has 0 spiro atoms. The van der Waals surface area contributed by atoms with Crippen LogP contribution in [0.3, 0.4) is 0 Å². The summed E-state index contributed by atoms with van der Waals surface area (Å²) in [5.74, 6) is 0.913. The minimum absolute atomic E-state index is 0.177. The van der Waals surface area contributed by atoms with Crippen LogP contribution in [0.4, 0.5) is 0 Å². The highest BCUT2D eigenvalue weighted by molar-refractivity contribution is 7.99. The number of benzene rings is 1. The first-order chi connectivity index (χ1) is 10.1. The highest BCUT2D eigenvalue weighted by Crippen LogP contribution is 2.21. The first-order valence-electron chi connectivity index (χ1n) is 6.77. The fourth-order valence-electron chi connectivity index (χ4n) is 1.78. The molecule has 0 aliphatic rings. The zero-order valence-corrected chi connectivity index (χ0v) is 12.8. The fraction of sp³-hybridized carbons (Fsp3) is 0.400. The molecule has 1 aromatic heterocycles. The van der Waals surface area contributed by atoms with Crippen molar-refractivity contribution >= 4 is 17.7 Å². The Labute approximate surface area is 127 Å². The number of aliphatic carboxylic acids is 1. The number of thioether (sulfide) groups is 1. The molecule has 6 heteroatoms. The molecular formula is C15H18N2O3S. The predicted octanol–water partition coefficient (Wildman–Crippen LogP) is 3.12. The van der Waals surface area contributed by atoms with Crippen LogP contribution in [0.15, 0.2) is 34.9 Å². The molecule has 1 unspecified atom stereocenters. The van der Waals surface area contributed by atoms with Gasteiger partial charge in [0.05, 0.1) is 5.75 Å². The van der Waals surface area contributed by atoms with Gasteiger partial charge in [-0.05, 0) is 12.0 Å². The van der Waals surface area contributed by atoms with Crippen LogP contribution in [-0.2, 0) is 17.0 Å². The average Bonchev–Trinajstić information content (AvgIpc) is 2.93. The Morgan fingerprint density at radius 1 is 1.33 bits per heavy atom. The van der Waals surface area contributed by atoms with Crippen LogP contribution >= 0.6 is 11.8 Å². The molecular weight excluding hydrogens is 288 g/mol. The fourth-order valence-corrected chi connectivity index (χ4v) is 2.70. The first kappa shape index (κ1) is 15.6. The lowest BCUT2D eigenvalue weighted by Gasteiger charge is -2.10. The van der Waals surface area contributed by atoms with Crippen LogP contribution in [0.25, 0.3) is 0 Å². The van der Waals surface area contributed by atoms with Gasteiger partial charge in [0.1, 0.15) is 5.25 Å². The largest absolute Gasteiger partial charge is 0.480 e. The van der Waals surface area contributed by atoms with E-state index in [9.17, 15) is 9.90 Å². The minimum atomic E-state index is -0.823. The number of carbonyl (C=O) groups is 1. The average molecular weight is 306 g/mol. The van der Waals surface area contributed by atoms with Crippen LogP contribution < -0.4 is 0 Å². The topological polar surface area (TPSA) is 76.2 Å². The van der Waals surface area contributed by atoms with E-state index in [4.69, 9.17) is 4.52 Å². The summed E-state index contributed by atoms with van der Waals surface area (Å²) in [5.41, 5.74) is 1.01. The van der Waals surface area contributed by atoms with Crippen LogP contribution in [0.5, 0.6) is 0 Å². The molecule has 2 rings (SSSR count). The van der Waals surface area contributed by atoms with E-state index >= 15 is 0 Å². The number of carboxylic acid groups (broad SMARTS) is 1. The maximum absolute atomic E-state index is 11.4. The van der Waals surface area contributed by atoms with Gasteiger partial charge in [0.2, 0.25) is 5.89 Å². The number of nitrogens with zero attached hydrogens (tertiary/aromatic N) is 2. The standard InChI is InChI=1S/C15H18N2O3S/c1-10(2)14-16-13(17-20-14)9-21-12(15(18)19)8-11-6-4-3-5-7-11/h3-7,10,12H,8-9H2,1-2H3,(H,18,19). The number of carboxylic acids is 1. The number of hydrogen-bond acceptors (Lipinski definition) is 5. The van der Waals surface area contributed by atoms with Crippen molar-refractivity contribution in [1.29, 1.82) is 0 Å². The lowest BCUT2D eigenvalue weighted by atomic mass is 10.1. The highest BCUT2D eigenvalue weighted by Gasteiger charge is 2.20. The molecule has 0 amide bonds. The van der Waals surface area contributed by atoms with E-state index in [2.05, 4.69) is 10.1 Å². The molecule has 0 fully saturated rings. The van der Waals surface area contributed by atoms with Crippen molar-refractivity contribution < 1.29 is 14.4 Å². The summed E-state index contributed by atoms with van der Waals surface area (Å²) in [5, 5.41) is 12.7. The van der Waals surface area contributed by atoms with Gasteiger partial charge in [0.15, 0.2) is 5.82 Å². The smallest absolute Gasteiger partial charge is 0.316 e. The van der Waals surface area contributed by atoms with Crippen molar-refractivity contribution in [2.24, 2.45) is 0 Å². The molecule has 0 saturated heterocycles.